The van der Waals surface area contributed by atoms with Gasteiger partial charge in [0.25, 0.3) is 0 Å². The lowest BCUT2D eigenvalue weighted by molar-refractivity contribution is -0.123. The molecule has 8 nitrogen and oxygen atoms in total. The summed E-state index contributed by atoms with van der Waals surface area (Å²) in [4.78, 5) is 20.5. The minimum atomic E-state index is -3.85. The van der Waals surface area contributed by atoms with Gasteiger partial charge in [-0.25, -0.2) is 17.8 Å². The molecule has 0 bridgehead atoms. The topological polar surface area (TPSA) is 89.0 Å². The molecule has 198 valence electrons. The number of piperidine rings is 1. The number of hydrogen-bond donors (Lipinski definition) is 0. The van der Waals surface area contributed by atoms with Crippen LogP contribution in [0.3, 0.4) is 0 Å². The normalized spacial score (nSPS) is 20.8. The summed E-state index contributed by atoms with van der Waals surface area (Å²) < 4.78 is 53.5. The number of sulfonamides is 1. The summed E-state index contributed by atoms with van der Waals surface area (Å²) in [6.45, 7) is 3.39. The lowest BCUT2D eigenvalue weighted by atomic mass is 9.98. The molecule has 2 aromatic carbocycles. The predicted octanol–water partition coefficient (Wildman–Crippen LogP) is 4.37. The molecular formula is C26H30FN3O5S2. The van der Waals surface area contributed by atoms with Crippen LogP contribution in [0.2, 0.25) is 0 Å². The monoisotopic (exact) mass is 547 g/mol. The lowest BCUT2D eigenvalue weighted by Crippen LogP contribution is -2.48. The van der Waals surface area contributed by atoms with Crippen LogP contribution in [0.4, 0.5) is 9.52 Å². The predicted molar refractivity (Wildman–Crippen MR) is 140 cm³/mol. The first kappa shape index (κ1) is 26.0. The molecule has 1 amide bonds. The number of fused-ring (bicyclic) bond motifs is 1. The third-order valence-electron chi connectivity index (χ3n) is 7.00. The van der Waals surface area contributed by atoms with Gasteiger partial charge in [-0.3, -0.25) is 9.69 Å². The molecule has 37 heavy (non-hydrogen) atoms. The molecule has 0 N–H and O–H groups in total. The number of aromatic nitrogens is 1. The van der Waals surface area contributed by atoms with Crippen molar-refractivity contribution in [1.82, 2.24) is 9.29 Å². The Morgan fingerprint density at radius 3 is 2.70 bits per heavy atom. The molecule has 2 unspecified atom stereocenters. The average Bonchev–Trinajstić information content (AvgIpc) is 3.58. The zero-order valence-corrected chi connectivity index (χ0v) is 22.5. The molecule has 0 aliphatic carbocycles. The maximum atomic E-state index is 14.0. The van der Waals surface area contributed by atoms with E-state index in [1.165, 1.54) is 27.8 Å². The van der Waals surface area contributed by atoms with E-state index in [0.717, 1.165) is 35.2 Å². The second-order valence-corrected chi connectivity index (χ2v) is 12.4. The van der Waals surface area contributed by atoms with Crippen molar-refractivity contribution in [2.75, 3.05) is 38.3 Å². The minimum Gasteiger partial charge on any atom is -0.494 e. The number of rotatable bonds is 7. The highest BCUT2D eigenvalue weighted by Gasteiger charge is 2.37. The van der Waals surface area contributed by atoms with Gasteiger partial charge in [0.2, 0.25) is 15.9 Å². The molecule has 11 heteroatoms. The highest BCUT2D eigenvalue weighted by atomic mass is 32.2. The largest absolute Gasteiger partial charge is 0.494 e. The smallest absolute Gasteiger partial charge is 0.243 e. The molecule has 3 heterocycles. The quantitative estimate of drug-likeness (QED) is 0.437. The summed E-state index contributed by atoms with van der Waals surface area (Å²) >= 11 is 1.43. The molecule has 0 radical (unpaired) electrons. The number of carbonyl (C=O) groups excluding carboxylic acids is 1. The van der Waals surface area contributed by atoms with Gasteiger partial charge in [-0.15, -0.1) is 0 Å². The average molecular weight is 548 g/mol. The summed E-state index contributed by atoms with van der Waals surface area (Å²) in [5.41, 5.74) is 1.75. The van der Waals surface area contributed by atoms with Gasteiger partial charge in [-0.1, -0.05) is 17.4 Å². The molecule has 1 aromatic heterocycles. The van der Waals surface area contributed by atoms with Crippen molar-refractivity contribution in [3.8, 4) is 5.75 Å². The summed E-state index contributed by atoms with van der Waals surface area (Å²) in [6.07, 6.45) is 2.82. The Kier molecular flexibility index (Phi) is 7.49. The van der Waals surface area contributed by atoms with Crippen LogP contribution in [0.15, 0.2) is 41.3 Å². The fourth-order valence-electron chi connectivity index (χ4n) is 4.97. The van der Waals surface area contributed by atoms with Crippen LogP contribution in [-0.2, 0) is 19.6 Å². The Morgan fingerprint density at radius 2 is 2.00 bits per heavy atom. The fourth-order valence-corrected chi connectivity index (χ4v) is 7.56. The van der Waals surface area contributed by atoms with Crippen LogP contribution in [-0.4, -0.2) is 63.1 Å². The van der Waals surface area contributed by atoms with E-state index in [0.29, 0.717) is 48.9 Å². The molecule has 0 spiro atoms. The number of methoxy groups -OCH3 is 1. The van der Waals surface area contributed by atoms with Crippen LogP contribution >= 0.6 is 11.3 Å². The van der Waals surface area contributed by atoms with Crippen molar-refractivity contribution in [2.24, 2.45) is 5.92 Å². The number of nitrogens with zero attached hydrogens (tertiary/aromatic N) is 3. The van der Waals surface area contributed by atoms with E-state index < -0.39 is 21.8 Å². The van der Waals surface area contributed by atoms with Crippen molar-refractivity contribution in [2.45, 2.75) is 43.6 Å². The van der Waals surface area contributed by atoms with Crippen LogP contribution in [0, 0.1) is 18.7 Å². The van der Waals surface area contributed by atoms with Gasteiger partial charge in [0, 0.05) is 19.7 Å². The maximum absolute atomic E-state index is 14.0. The molecule has 3 aromatic rings. The molecule has 2 aliphatic rings. The van der Waals surface area contributed by atoms with E-state index in [1.54, 1.807) is 12.0 Å². The first-order valence-electron chi connectivity index (χ1n) is 12.4. The van der Waals surface area contributed by atoms with Gasteiger partial charge in [0.15, 0.2) is 5.13 Å². The molecule has 2 fully saturated rings. The number of benzene rings is 2. The van der Waals surface area contributed by atoms with Gasteiger partial charge in [-0.05, 0) is 68.5 Å². The first-order valence-corrected chi connectivity index (χ1v) is 14.7. The summed E-state index contributed by atoms with van der Waals surface area (Å²) in [7, 11) is -2.26. The molecule has 0 saturated carbocycles. The van der Waals surface area contributed by atoms with Gasteiger partial charge in [-0.2, -0.15) is 4.31 Å². The number of ether oxygens (including phenoxy) is 2. The molecule has 2 saturated heterocycles. The van der Waals surface area contributed by atoms with Gasteiger partial charge < -0.3 is 9.47 Å². The molecular weight excluding hydrogens is 517 g/mol. The van der Waals surface area contributed by atoms with E-state index in [4.69, 9.17) is 14.5 Å². The van der Waals surface area contributed by atoms with E-state index >= 15 is 0 Å². The van der Waals surface area contributed by atoms with Crippen LogP contribution < -0.4 is 9.64 Å². The number of carbonyl (C=O) groups is 1. The Bertz CT molecular complexity index is 1390. The third-order valence-corrected chi connectivity index (χ3v) is 10.1. The zero-order chi connectivity index (χ0) is 26.2. The Hall–Kier alpha value is -2.60. The van der Waals surface area contributed by atoms with Crippen molar-refractivity contribution >= 4 is 42.6 Å². The molecule has 2 aliphatic heterocycles. The van der Waals surface area contributed by atoms with Crippen molar-refractivity contribution in [3.05, 3.63) is 47.8 Å². The lowest BCUT2D eigenvalue weighted by Gasteiger charge is -2.34. The number of hydrogen-bond acceptors (Lipinski definition) is 7. The zero-order valence-electron chi connectivity index (χ0n) is 20.9. The van der Waals surface area contributed by atoms with E-state index in [9.17, 15) is 17.6 Å². The van der Waals surface area contributed by atoms with Gasteiger partial charge in [0.1, 0.15) is 17.1 Å². The highest BCUT2D eigenvalue weighted by Crippen LogP contribution is 2.38. The van der Waals surface area contributed by atoms with E-state index in [2.05, 4.69) is 0 Å². The number of anilines is 1. The van der Waals surface area contributed by atoms with Crippen molar-refractivity contribution < 1.29 is 27.1 Å². The first-order chi connectivity index (χ1) is 17.8. The van der Waals surface area contributed by atoms with Gasteiger partial charge >= 0.3 is 0 Å². The number of amides is 1. The minimum absolute atomic E-state index is 0.0203. The summed E-state index contributed by atoms with van der Waals surface area (Å²) in [5.74, 6) is -0.550. The SMILES string of the molecule is COc1ccc(C)c2sc(N(CC3CCCO3)C(=O)C3CCCN(S(=O)(=O)c4ccc(F)cc4)C3)nc12. The van der Waals surface area contributed by atoms with E-state index in [-0.39, 0.29) is 23.5 Å². The number of halogens is 1. The number of thiazole rings is 1. The second-order valence-electron chi connectivity index (χ2n) is 9.50. The third kappa shape index (κ3) is 5.22. The number of aryl methyl sites for hydroxylation is 1. The highest BCUT2D eigenvalue weighted by molar-refractivity contribution is 7.89. The Balaban J connectivity index is 1.45. The second kappa shape index (κ2) is 10.6. The Labute approximate surface area is 220 Å². The van der Waals surface area contributed by atoms with Crippen LogP contribution in [0.5, 0.6) is 5.75 Å². The van der Waals surface area contributed by atoms with Crippen LogP contribution in [0.1, 0.15) is 31.2 Å². The maximum Gasteiger partial charge on any atom is 0.243 e. The summed E-state index contributed by atoms with van der Waals surface area (Å²) in [6, 6.07) is 8.62. The van der Waals surface area contributed by atoms with Crippen LogP contribution in [0.25, 0.3) is 10.2 Å². The van der Waals surface area contributed by atoms with Gasteiger partial charge in [0.05, 0.1) is 35.3 Å². The summed E-state index contributed by atoms with van der Waals surface area (Å²) in [5, 5.41) is 0.557. The fraction of sp³-hybridized carbons (Fsp3) is 0.462. The molecule has 2 atom stereocenters. The van der Waals surface area contributed by atoms with Crippen molar-refractivity contribution in [3.63, 3.8) is 0 Å². The van der Waals surface area contributed by atoms with E-state index in [1.807, 2.05) is 19.1 Å². The Morgan fingerprint density at radius 1 is 1.22 bits per heavy atom. The molecule has 5 rings (SSSR count). The standard InChI is InChI=1S/C26H30FN3O5S2/c1-17-7-12-22(34-2)23-24(17)36-26(28-23)30(16-20-6-4-14-35-20)25(31)18-5-3-13-29(15-18)37(32,33)21-10-8-19(27)9-11-21/h7-12,18,20H,3-6,13-16H2,1-2H3. The van der Waals surface area contributed by atoms with Crippen molar-refractivity contribution in [1.29, 1.82) is 0 Å².